The van der Waals surface area contributed by atoms with E-state index in [2.05, 4.69) is 6.08 Å². The Hall–Kier alpha value is 2.14. The summed E-state index contributed by atoms with van der Waals surface area (Å²) in [4.78, 5) is 52.2. The van der Waals surface area contributed by atoms with E-state index in [9.17, 15) is 19.6 Å². The van der Waals surface area contributed by atoms with Gasteiger partial charge in [-0.1, -0.05) is 31.7 Å². The van der Waals surface area contributed by atoms with Crippen LogP contribution in [-0.4, -0.2) is 10.3 Å². The Kier molecular flexibility index (Phi) is 20.2. The molecular formula is C13H24Na2O5P2. The minimum Gasteiger partial charge on any atom is -0.682 e. The molecule has 5 nitrogen and oxygen atoms in total. The van der Waals surface area contributed by atoms with Gasteiger partial charge >= 0.3 is 59.1 Å². The van der Waals surface area contributed by atoms with Gasteiger partial charge in [-0.05, 0) is 46.5 Å². The van der Waals surface area contributed by atoms with Crippen LogP contribution in [0.1, 0.15) is 52.9 Å². The molecule has 1 N–H and O–H groups in total. The van der Waals surface area contributed by atoms with Crippen LogP contribution in [0.5, 0.6) is 0 Å². The summed E-state index contributed by atoms with van der Waals surface area (Å²) in [7, 11) is -8.29. The van der Waals surface area contributed by atoms with E-state index in [1.165, 1.54) is 11.1 Å². The van der Waals surface area contributed by atoms with Gasteiger partial charge in [0.05, 0.1) is 7.94 Å². The van der Waals surface area contributed by atoms with Gasteiger partial charge < -0.3 is 19.6 Å². The van der Waals surface area contributed by atoms with E-state index >= 15 is 0 Å². The fourth-order valence-electron chi connectivity index (χ4n) is 1.76. The molecule has 9 heteroatoms. The van der Waals surface area contributed by atoms with Gasteiger partial charge in [-0.15, -0.1) is 0 Å². The Morgan fingerprint density at radius 1 is 1.09 bits per heavy atom. The SMILES string of the molecule is CC(C)=CCC/C(C)=C/CCCC([PH+]([O-])[O-])[P+]([O-])([O-])O.[Na+].[Na+]. The average molecular weight is 368 g/mol. The van der Waals surface area contributed by atoms with Crippen molar-refractivity contribution in [1.29, 1.82) is 0 Å². The molecule has 0 aromatic carbocycles. The Morgan fingerprint density at radius 3 is 2.05 bits per heavy atom. The molecule has 0 saturated heterocycles. The molecule has 0 heterocycles. The molecule has 0 aliphatic rings. The van der Waals surface area contributed by atoms with E-state index in [1.54, 1.807) is 0 Å². The molecule has 0 aromatic heterocycles. The van der Waals surface area contributed by atoms with Crippen molar-refractivity contribution < 1.29 is 83.6 Å². The first kappa shape index (κ1) is 28.9. The molecular weight excluding hydrogens is 344 g/mol. The van der Waals surface area contributed by atoms with Gasteiger partial charge in [0.25, 0.3) is 0 Å². The van der Waals surface area contributed by atoms with E-state index < -0.39 is 21.7 Å². The van der Waals surface area contributed by atoms with Gasteiger partial charge in [0, 0.05) is 6.42 Å². The molecule has 0 rings (SSSR count). The Bertz CT molecular complexity index is 340. The van der Waals surface area contributed by atoms with Gasteiger partial charge in [-0.3, -0.25) is 4.89 Å². The van der Waals surface area contributed by atoms with Crippen LogP contribution in [0.15, 0.2) is 23.3 Å². The summed E-state index contributed by atoms with van der Waals surface area (Å²) in [6.45, 7) is 6.08. The fourth-order valence-corrected chi connectivity index (χ4v) is 3.78. The zero-order valence-corrected chi connectivity index (χ0v) is 20.2. The van der Waals surface area contributed by atoms with Crippen LogP contribution in [0.2, 0.25) is 0 Å². The quantitative estimate of drug-likeness (QED) is 0.189. The van der Waals surface area contributed by atoms with Gasteiger partial charge in [0.1, 0.15) is 0 Å². The van der Waals surface area contributed by atoms with E-state index in [0.717, 1.165) is 12.8 Å². The summed E-state index contributed by atoms with van der Waals surface area (Å²) >= 11 is 0. The molecule has 1 unspecified atom stereocenters. The van der Waals surface area contributed by atoms with E-state index in [1.807, 2.05) is 26.8 Å². The summed E-state index contributed by atoms with van der Waals surface area (Å²) in [6, 6.07) is 0. The fraction of sp³-hybridized carbons (Fsp3) is 0.692. The third kappa shape index (κ3) is 15.7. The standard InChI is InChI=1S/C13H25O5P2.2Na/c1-11(2)7-6-9-12(3)8-4-5-10-13(19(14)15)20(16,17)18;;/h7-8,13,19H,4-6,9-10H2,1-3H3,(H2,16,17,18);;/q-1;2*+1/p-1/b12-8+;;. The largest absolute Gasteiger partial charge is 1.00 e. The van der Waals surface area contributed by atoms with Gasteiger partial charge in [0.15, 0.2) is 5.40 Å². The van der Waals surface area contributed by atoms with E-state index in [4.69, 9.17) is 4.89 Å². The van der Waals surface area contributed by atoms with E-state index in [0.29, 0.717) is 12.8 Å². The number of allylic oxidation sites excluding steroid dienone is 4. The topological polar surface area (TPSA) is 112 Å². The van der Waals surface area contributed by atoms with Crippen LogP contribution in [-0.2, 0) is 0 Å². The Morgan fingerprint density at radius 2 is 1.64 bits per heavy atom. The van der Waals surface area contributed by atoms with Crippen LogP contribution in [0.25, 0.3) is 0 Å². The molecule has 1 atom stereocenters. The first-order chi connectivity index (χ1) is 9.14. The van der Waals surface area contributed by atoms with Crippen LogP contribution in [0, 0.1) is 0 Å². The smallest absolute Gasteiger partial charge is 0.682 e. The molecule has 0 bridgehead atoms. The predicted octanol–water partition coefficient (Wildman–Crippen LogP) is -5.58. The van der Waals surface area contributed by atoms with Crippen molar-refractivity contribution in [1.82, 2.24) is 0 Å². The van der Waals surface area contributed by atoms with Gasteiger partial charge in [-0.2, -0.15) is 0 Å². The molecule has 0 saturated carbocycles. The zero-order valence-electron chi connectivity index (χ0n) is 14.3. The zero-order chi connectivity index (χ0) is 15.8. The maximum absolute atomic E-state index is 10.9. The Balaban J connectivity index is -0.00000180. The van der Waals surface area contributed by atoms with Crippen molar-refractivity contribution >= 4 is 16.3 Å². The first-order valence-electron chi connectivity index (χ1n) is 6.68. The minimum absolute atomic E-state index is 0. The second-order valence-corrected chi connectivity index (χ2v) is 8.77. The molecule has 0 fully saturated rings. The maximum atomic E-state index is 10.9. The molecule has 0 aromatic rings. The van der Waals surface area contributed by atoms with E-state index in [-0.39, 0.29) is 65.5 Å². The van der Waals surface area contributed by atoms with Crippen molar-refractivity contribution in [2.75, 3.05) is 0 Å². The predicted molar refractivity (Wildman–Crippen MR) is 77.5 cm³/mol. The third-order valence-corrected chi connectivity index (χ3v) is 6.42. The van der Waals surface area contributed by atoms with Crippen LogP contribution in [0.4, 0.5) is 0 Å². The number of rotatable bonds is 9. The van der Waals surface area contributed by atoms with Gasteiger partial charge in [-0.25, -0.2) is 0 Å². The van der Waals surface area contributed by atoms with Crippen molar-refractivity contribution in [3.05, 3.63) is 23.3 Å². The summed E-state index contributed by atoms with van der Waals surface area (Å²) in [5.41, 5.74) is 2.47. The molecule has 0 spiro atoms. The molecule has 22 heavy (non-hydrogen) atoms. The Labute approximate surface area is 180 Å². The number of unbranched alkanes of at least 4 members (excludes halogenated alkanes) is 1. The maximum Gasteiger partial charge on any atom is 1.00 e. The monoisotopic (exact) mass is 368 g/mol. The van der Waals surface area contributed by atoms with Crippen molar-refractivity contribution in [3.63, 3.8) is 0 Å². The summed E-state index contributed by atoms with van der Waals surface area (Å²) in [5.74, 6) is 0. The van der Waals surface area contributed by atoms with Crippen LogP contribution < -0.4 is 78.7 Å². The summed E-state index contributed by atoms with van der Waals surface area (Å²) in [6.07, 6.45) is 7.04. The molecule has 0 aliphatic heterocycles. The molecule has 118 valence electrons. The van der Waals surface area contributed by atoms with Crippen molar-refractivity contribution in [2.45, 2.75) is 58.3 Å². The number of hydrogen-bond donors (Lipinski definition) is 1. The normalized spacial score (nSPS) is 13.2. The molecule has 0 aliphatic carbocycles. The molecule has 0 amide bonds. The summed E-state index contributed by atoms with van der Waals surface area (Å²) in [5, 5.41) is -1.62. The second kappa shape index (κ2) is 15.4. The number of hydrogen-bond acceptors (Lipinski definition) is 5. The summed E-state index contributed by atoms with van der Waals surface area (Å²) < 4.78 is 0. The van der Waals surface area contributed by atoms with Crippen LogP contribution >= 0.6 is 16.3 Å². The van der Waals surface area contributed by atoms with Crippen LogP contribution in [0.3, 0.4) is 0 Å². The average Bonchev–Trinajstić information content (AvgIpc) is 2.25. The van der Waals surface area contributed by atoms with Crippen molar-refractivity contribution in [2.24, 2.45) is 0 Å². The van der Waals surface area contributed by atoms with Crippen molar-refractivity contribution in [3.8, 4) is 0 Å². The minimum atomic E-state index is -4.78. The first-order valence-corrected chi connectivity index (χ1v) is 9.72. The molecule has 0 radical (unpaired) electrons. The second-order valence-electron chi connectivity index (χ2n) is 5.20. The third-order valence-electron chi connectivity index (χ3n) is 2.93. The van der Waals surface area contributed by atoms with Gasteiger partial charge in [0.2, 0.25) is 0 Å².